The first-order valence-corrected chi connectivity index (χ1v) is 19.8. The molecule has 0 unspecified atom stereocenters. The molecule has 0 aliphatic heterocycles. The highest BCUT2D eigenvalue weighted by molar-refractivity contribution is 6.24. The molecule has 0 amide bonds. The second kappa shape index (κ2) is 14.5. The summed E-state index contributed by atoms with van der Waals surface area (Å²) < 4.78 is 6.67. The summed E-state index contributed by atoms with van der Waals surface area (Å²) in [5, 5.41) is 3.24. The number of benzene rings is 8. The molecule has 0 aliphatic carbocycles. The fourth-order valence-corrected chi connectivity index (χ4v) is 8.16. The zero-order valence-electron chi connectivity index (χ0n) is 32.0. The normalized spacial score (nSPS) is 11.4. The second-order valence-electron chi connectivity index (χ2n) is 14.8. The van der Waals surface area contributed by atoms with Gasteiger partial charge < -0.3 is 4.42 Å². The van der Waals surface area contributed by atoms with E-state index in [0.717, 1.165) is 94.4 Å². The largest absolute Gasteiger partial charge is 0.454 e. The van der Waals surface area contributed by atoms with E-state index in [9.17, 15) is 0 Å². The fourth-order valence-electron chi connectivity index (χ4n) is 8.16. The number of hydrogen-bond acceptors (Lipinski definition) is 4. The molecule has 3 aromatic heterocycles. The Morgan fingerprint density at radius 1 is 0.322 bits per heavy atom. The van der Waals surface area contributed by atoms with Gasteiger partial charge in [-0.1, -0.05) is 194 Å². The lowest BCUT2D eigenvalue weighted by Crippen LogP contribution is -1.96. The minimum atomic E-state index is 0.669. The molecule has 11 rings (SSSR count). The van der Waals surface area contributed by atoms with Crippen LogP contribution < -0.4 is 0 Å². The predicted molar refractivity (Wildman–Crippen MR) is 243 cm³/mol. The maximum absolute atomic E-state index is 6.67. The highest BCUT2D eigenvalue weighted by Crippen LogP contribution is 2.43. The first-order chi connectivity index (χ1) is 29.2. The monoisotopic (exact) mass is 753 g/mol. The Bertz CT molecular complexity index is 3170. The van der Waals surface area contributed by atoms with Gasteiger partial charge in [0.25, 0.3) is 0 Å². The second-order valence-corrected chi connectivity index (χ2v) is 14.8. The minimum Gasteiger partial charge on any atom is -0.454 e. The fraction of sp³-hybridized carbons (Fsp3) is 0. The average Bonchev–Trinajstić information content (AvgIpc) is 3.72. The van der Waals surface area contributed by atoms with Crippen molar-refractivity contribution in [3.63, 3.8) is 0 Å². The molecule has 4 heteroatoms. The van der Waals surface area contributed by atoms with E-state index in [1.165, 1.54) is 11.1 Å². The van der Waals surface area contributed by atoms with E-state index >= 15 is 0 Å². The first kappa shape index (κ1) is 34.3. The van der Waals surface area contributed by atoms with Gasteiger partial charge in [0, 0.05) is 38.4 Å². The number of hydrogen-bond donors (Lipinski definition) is 0. The average molecular weight is 754 g/mol. The molecule has 59 heavy (non-hydrogen) atoms. The van der Waals surface area contributed by atoms with E-state index in [0.29, 0.717) is 5.82 Å². The first-order valence-electron chi connectivity index (χ1n) is 19.8. The molecule has 0 radical (unpaired) electrons. The van der Waals surface area contributed by atoms with Crippen molar-refractivity contribution in [2.45, 2.75) is 0 Å². The van der Waals surface area contributed by atoms with Gasteiger partial charge in [0.15, 0.2) is 11.4 Å². The minimum absolute atomic E-state index is 0.669. The van der Waals surface area contributed by atoms with Crippen molar-refractivity contribution in [1.82, 2.24) is 15.0 Å². The summed E-state index contributed by atoms with van der Waals surface area (Å²) in [6.07, 6.45) is 0. The summed E-state index contributed by atoms with van der Waals surface area (Å²) in [4.78, 5) is 15.6. The Hall–Kier alpha value is -7.95. The Labute approximate surface area is 341 Å². The molecule has 0 fully saturated rings. The van der Waals surface area contributed by atoms with Gasteiger partial charge in [-0.15, -0.1) is 0 Å². The zero-order valence-corrected chi connectivity index (χ0v) is 32.0. The summed E-state index contributed by atoms with van der Waals surface area (Å²) >= 11 is 0. The lowest BCUT2D eigenvalue weighted by molar-refractivity contribution is 0.669. The molecule has 0 saturated heterocycles. The van der Waals surface area contributed by atoms with Gasteiger partial charge in [0.05, 0.1) is 16.9 Å². The number of nitrogens with zero attached hydrogens (tertiary/aromatic N) is 3. The van der Waals surface area contributed by atoms with Crippen LogP contribution in [0.3, 0.4) is 0 Å². The van der Waals surface area contributed by atoms with Crippen LogP contribution >= 0.6 is 0 Å². The number of furan rings is 1. The summed E-state index contributed by atoms with van der Waals surface area (Å²) in [5.74, 6) is 0.669. The summed E-state index contributed by atoms with van der Waals surface area (Å²) in [7, 11) is 0. The number of aromatic nitrogens is 3. The smallest absolute Gasteiger partial charge is 0.162 e. The molecule has 0 N–H and O–H groups in total. The maximum atomic E-state index is 6.67. The standard InChI is InChI=1S/C55H35N3O/c1-4-13-36(14-5-1)38-23-27-41(28-24-38)48-35-49(58-55(57-48)44-33-25-39(26-34-44)37-15-6-2-7-16-37)42-29-31-43(32-30-42)53-54-52(46-19-10-11-22-50(46)59-54)51-45(20-12-21-47(51)56-53)40-17-8-3-9-18-40/h1-35H. The van der Waals surface area contributed by atoms with Crippen molar-refractivity contribution in [3.05, 3.63) is 212 Å². The quantitative estimate of drug-likeness (QED) is 0.163. The van der Waals surface area contributed by atoms with Gasteiger partial charge in [0.2, 0.25) is 0 Å². The van der Waals surface area contributed by atoms with Gasteiger partial charge in [-0.3, -0.25) is 0 Å². The summed E-state index contributed by atoms with van der Waals surface area (Å²) in [6, 6.07) is 73.7. The van der Waals surface area contributed by atoms with Crippen LogP contribution in [-0.4, -0.2) is 15.0 Å². The third-order valence-corrected chi connectivity index (χ3v) is 11.1. The Morgan fingerprint density at radius 3 is 1.39 bits per heavy atom. The molecule has 0 bridgehead atoms. The van der Waals surface area contributed by atoms with Crippen molar-refractivity contribution >= 4 is 32.8 Å². The molecule has 0 saturated carbocycles. The van der Waals surface area contributed by atoms with Crippen LogP contribution in [0, 0.1) is 0 Å². The van der Waals surface area contributed by atoms with E-state index in [2.05, 4.69) is 182 Å². The number of fused-ring (bicyclic) bond motifs is 5. The Balaban J connectivity index is 1.03. The molecule has 8 aromatic carbocycles. The Morgan fingerprint density at radius 2 is 0.797 bits per heavy atom. The lowest BCUT2D eigenvalue weighted by Gasteiger charge is -2.12. The SMILES string of the molecule is c1ccc(-c2ccc(-c3cc(-c4ccc(-c5nc6cccc(-c7ccccc7)c6c6c5oc5ccccc56)cc4)nc(-c4ccc(-c5ccccc5)cc4)n3)cc2)cc1. The molecule has 0 aliphatic rings. The van der Waals surface area contributed by atoms with E-state index < -0.39 is 0 Å². The highest BCUT2D eigenvalue weighted by atomic mass is 16.3. The molecule has 276 valence electrons. The predicted octanol–water partition coefficient (Wildman–Crippen LogP) is 14.6. The third kappa shape index (κ3) is 6.34. The van der Waals surface area contributed by atoms with Crippen molar-refractivity contribution < 1.29 is 4.42 Å². The van der Waals surface area contributed by atoms with Gasteiger partial charge in [-0.05, 0) is 51.6 Å². The number of rotatable bonds is 7. The van der Waals surface area contributed by atoms with Crippen LogP contribution in [0.1, 0.15) is 0 Å². The molecule has 0 spiro atoms. The van der Waals surface area contributed by atoms with Crippen molar-refractivity contribution in [1.29, 1.82) is 0 Å². The van der Waals surface area contributed by atoms with Crippen LogP contribution in [0.15, 0.2) is 217 Å². The summed E-state index contributed by atoms with van der Waals surface area (Å²) in [6.45, 7) is 0. The van der Waals surface area contributed by atoms with Crippen LogP contribution in [-0.2, 0) is 0 Å². The van der Waals surface area contributed by atoms with Gasteiger partial charge in [-0.2, -0.15) is 0 Å². The molecular formula is C55H35N3O. The topological polar surface area (TPSA) is 51.8 Å². The Kier molecular flexibility index (Phi) is 8.45. The highest BCUT2D eigenvalue weighted by Gasteiger charge is 2.20. The van der Waals surface area contributed by atoms with E-state index in [1.54, 1.807) is 0 Å². The van der Waals surface area contributed by atoms with E-state index in [4.69, 9.17) is 19.4 Å². The molecule has 4 nitrogen and oxygen atoms in total. The number of para-hydroxylation sites is 1. The number of pyridine rings is 1. The maximum Gasteiger partial charge on any atom is 0.162 e. The van der Waals surface area contributed by atoms with Gasteiger partial charge in [0.1, 0.15) is 11.3 Å². The summed E-state index contributed by atoms with van der Waals surface area (Å²) in [5.41, 5.74) is 15.9. The van der Waals surface area contributed by atoms with Gasteiger partial charge in [-0.25, -0.2) is 15.0 Å². The third-order valence-electron chi connectivity index (χ3n) is 11.1. The van der Waals surface area contributed by atoms with Crippen molar-refractivity contribution in [2.75, 3.05) is 0 Å². The lowest BCUT2D eigenvalue weighted by atomic mass is 9.95. The van der Waals surface area contributed by atoms with Crippen molar-refractivity contribution in [3.8, 4) is 78.5 Å². The van der Waals surface area contributed by atoms with E-state index in [1.807, 2.05) is 30.3 Å². The molecule has 11 aromatic rings. The molecule has 3 heterocycles. The zero-order chi connectivity index (χ0) is 39.1. The van der Waals surface area contributed by atoms with Crippen LogP contribution in [0.4, 0.5) is 0 Å². The van der Waals surface area contributed by atoms with Gasteiger partial charge >= 0.3 is 0 Å². The molecular weight excluding hydrogens is 719 g/mol. The van der Waals surface area contributed by atoms with Crippen LogP contribution in [0.25, 0.3) is 111 Å². The van der Waals surface area contributed by atoms with Crippen molar-refractivity contribution in [2.24, 2.45) is 0 Å². The van der Waals surface area contributed by atoms with E-state index in [-0.39, 0.29) is 0 Å². The van der Waals surface area contributed by atoms with Crippen LogP contribution in [0.5, 0.6) is 0 Å². The van der Waals surface area contributed by atoms with Crippen LogP contribution in [0.2, 0.25) is 0 Å². The molecule has 0 atom stereocenters.